The van der Waals surface area contributed by atoms with Crippen LogP contribution in [0.4, 0.5) is 18.0 Å². The first-order valence-corrected chi connectivity index (χ1v) is 11.8. The van der Waals surface area contributed by atoms with Crippen molar-refractivity contribution in [3.8, 4) is 0 Å². The van der Waals surface area contributed by atoms with Crippen LogP contribution in [0.3, 0.4) is 0 Å². The van der Waals surface area contributed by atoms with Gasteiger partial charge in [0.2, 0.25) is 10.0 Å². The maximum Gasteiger partial charge on any atom is 0.495 e. The molecule has 1 aromatic rings. The van der Waals surface area contributed by atoms with E-state index in [-0.39, 0.29) is 18.6 Å². The van der Waals surface area contributed by atoms with E-state index in [0.717, 1.165) is 12.1 Å². The topological polar surface area (TPSA) is 103 Å². The molecule has 1 saturated heterocycles. The lowest BCUT2D eigenvalue weighted by Crippen LogP contribution is -2.41. The summed E-state index contributed by atoms with van der Waals surface area (Å²) in [7, 11) is -5.60. The van der Waals surface area contributed by atoms with Gasteiger partial charge in [0.05, 0.1) is 21.7 Å². The fourth-order valence-corrected chi connectivity index (χ4v) is 3.93. The Bertz CT molecular complexity index is 974. The Morgan fingerprint density at radius 2 is 1.61 bits per heavy atom. The van der Waals surface area contributed by atoms with Crippen molar-refractivity contribution in [2.24, 2.45) is 0 Å². The molecule has 1 aliphatic rings. The van der Waals surface area contributed by atoms with Crippen molar-refractivity contribution >= 4 is 28.7 Å². The number of benzene rings is 1. The van der Waals surface area contributed by atoms with Crippen molar-refractivity contribution < 1.29 is 40.4 Å². The Labute approximate surface area is 192 Å². The molecular weight excluding hydrogens is 464 g/mol. The molecule has 33 heavy (non-hydrogen) atoms. The van der Waals surface area contributed by atoms with Crippen LogP contribution in [-0.4, -0.2) is 51.5 Å². The number of carbonyl (C=O) groups excluding carboxylic acids is 1. The molecule has 0 aliphatic carbocycles. The Balaban J connectivity index is 2.18. The predicted molar refractivity (Wildman–Crippen MR) is 117 cm³/mol. The summed E-state index contributed by atoms with van der Waals surface area (Å²) in [6, 6.07) is 2.64. The third-order valence-corrected chi connectivity index (χ3v) is 6.69. The smallest absolute Gasteiger partial charge is 0.444 e. The lowest BCUT2D eigenvalue weighted by molar-refractivity contribution is -0.137. The maximum atomic E-state index is 13.8. The second-order valence-corrected chi connectivity index (χ2v) is 11.4. The van der Waals surface area contributed by atoms with E-state index in [1.165, 1.54) is 0 Å². The molecule has 0 saturated carbocycles. The van der Waals surface area contributed by atoms with E-state index >= 15 is 0 Å². The number of alkyl carbamates (subject to hydrolysis) is 1. The van der Waals surface area contributed by atoms with Gasteiger partial charge in [0, 0.05) is 13.1 Å². The second kappa shape index (κ2) is 9.08. The number of carbonyl (C=O) groups is 1. The number of alkyl halides is 3. The standard InChI is InChI=1S/C20H30BF3N2O6S/c1-17(2,3)30-16(27)25-10-11-26-33(28,29)13-8-9-15(14(12-13)20(22,23)24)21-31-18(4,5)19(6,7)32-21/h8-9,12,26H,10-11H2,1-7H3,(H,25,27). The van der Waals surface area contributed by atoms with Gasteiger partial charge in [0.1, 0.15) is 5.60 Å². The highest BCUT2D eigenvalue weighted by atomic mass is 32.2. The van der Waals surface area contributed by atoms with Crippen LogP contribution in [0.5, 0.6) is 0 Å². The van der Waals surface area contributed by atoms with Gasteiger partial charge in [0.25, 0.3) is 0 Å². The quantitative estimate of drug-likeness (QED) is 0.466. The zero-order chi connectivity index (χ0) is 25.5. The van der Waals surface area contributed by atoms with E-state index in [2.05, 4.69) is 10.0 Å². The van der Waals surface area contributed by atoms with Gasteiger partial charge in [-0.3, -0.25) is 0 Å². The monoisotopic (exact) mass is 494 g/mol. The van der Waals surface area contributed by atoms with Crippen molar-refractivity contribution in [2.75, 3.05) is 13.1 Å². The molecule has 1 amide bonds. The molecular formula is C20H30BF3N2O6S. The number of halogens is 3. The lowest BCUT2D eigenvalue weighted by atomic mass is 9.76. The van der Waals surface area contributed by atoms with Crippen molar-refractivity contribution in [3.05, 3.63) is 23.8 Å². The van der Waals surface area contributed by atoms with E-state index in [0.29, 0.717) is 6.07 Å². The number of ether oxygens (including phenoxy) is 1. The van der Waals surface area contributed by atoms with Crippen LogP contribution < -0.4 is 15.5 Å². The Morgan fingerprint density at radius 1 is 1.06 bits per heavy atom. The number of hydrogen-bond donors (Lipinski definition) is 2. The minimum atomic E-state index is -4.84. The highest BCUT2D eigenvalue weighted by molar-refractivity contribution is 7.89. The van der Waals surface area contributed by atoms with Crippen LogP contribution in [0.25, 0.3) is 0 Å². The molecule has 0 aromatic heterocycles. The van der Waals surface area contributed by atoms with E-state index < -0.39 is 56.7 Å². The fourth-order valence-electron chi connectivity index (χ4n) is 2.87. The number of amides is 1. The van der Waals surface area contributed by atoms with Crippen molar-refractivity contribution in [2.45, 2.75) is 76.3 Å². The fraction of sp³-hybridized carbons (Fsp3) is 0.650. The predicted octanol–water partition coefficient (Wildman–Crippen LogP) is 2.81. The number of hydrogen-bond acceptors (Lipinski definition) is 6. The molecule has 0 unspecified atom stereocenters. The van der Waals surface area contributed by atoms with Gasteiger partial charge in [-0.05, 0) is 66.1 Å². The number of nitrogens with one attached hydrogen (secondary N) is 2. The van der Waals surface area contributed by atoms with Gasteiger partial charge in [-0.1, -0.05) is 6.07 Å². The highest BCUT2D eigenvalue weighted by Crippen LogP contribution is 2.38. The molecule has 0 atom stereocenters. The normalized spacial score (nSPS) is 18.3. The molecule has 1 aromatic carbocycles. The molecule has 0 radical (unpaired) electrons. The Kier molecular flexibility index (Phi) is 7.55. The first-order chi connectivity index (χ1) is 14.8. The van der Waals surface area contributed by atoms with Crippen LogP contribution in [-0.2, 0) is 30.2 Å². The van der Waals surface area contributed by atoms with Crippen molar-refractivity contribution in [1.82, 2.24) is 10.0 Å². The average molecular weight is 494 g/mol. The molecule has 13 heteroatoms. The molecule has 8 nitrogen and oxygen atoms in total. The maximum absolute atomic E-state index is 13.8. The van der Waals surface area contributed by atoms with E-state index in [1.807, 2.05) is 0 Å². The van der Waals surface area contributed by atoms with Crippen LogP contribution in [0.15, 0.2) is 23.1 Å². The van der Waals surface area contributed by atoms with Crippen LogP contribution in [0.1, 0.15) is 54.0 Å². The van der Waals surface area contributed by atoms with Crippen molar-refractivity contribution in [3.63, 3.8) is 0 Å². The third kappa shape index (κ3) is 6.84. The third-order valence-electron chi connectivity index (χ3n) is 5.23. The molecule has 1 heterocycles. The number of sulfonamides is 1. The molecule has 0 bridgehead atoms. The summed E-state index contributed by atoms with van der Waals surface area (Å²) in [6.45, 7) is 11.4. The van der Waals surface area contributed by atoms with Gasteiger partial charge in [-0.25, -0.2) is 17.9 Å². The highest BCUT2D eigenvalue weighted by Gasteiger charge is 2.53. The van der Waals surface area contributed by atoms with Gasteiger partial charge >= 0.3 is 19.4 Å². The SMILES string of the molecule is CC(C)(C)OC(=O)NCCNS(=O)(=O)c1ccc(B2OC(C)(C)C(C)(C)O2)c(C(F)(F)F)c1. The molecule has 1 aliphatic heterocycles. The first kappa shape index (κ1) is 27.4. The summed E-state index contributed by atoms with van der Waals surface area (Å²) >= 11 is 0. The second-order valence-electron chi connectivity index (χ2n) is 9.66. The van der Waals surface area contributed by atoms with Crippen LogP contribution in [0, 0.1) is 0 Å². The van der Waals surface area contributed by atoms with E-state index in [4.69, 9.17) is 14.0 Å². The summed E-state index contributed by atoms with van der Waals surface area (Å²) in [5.41, 5.74) is -3.94. The summed E-state index contributed by atoms with van der Waals surface area (Å²) in [5, 5.41) is 2.36. The minimum Gasteiger partial charge on any atom is -0.444 e. The first-order valence-electron chi connectivity index (χ1n) is 10.3. The van der Waals surface area contributed by atoms with Gasteiger partial charge in [0.15, 0.2) is 0 Å². The summed E-state index contributed by atoms with van der Waals surface area (Å²) in [4.78, 5) is 11.0. The molecule has 2 rings (SSSR count). The molecule has 0 spiro atoms. The summed E-state index contributed by atoms with van der Waals surface area (Å²) < 4.78 is 85.1. The zero-order valence-corrected chi connectivity index (χ0v) is 20.5. The zero-order valence-electron chi connectivity index (χ0n) is 19.7. The van der Waals surface area contributed by atoms with E-state index in [1.54, 1.807) is 48.5 Å². The Morgan fingerprint density at radius 3 is 2.09 bits per heavy atom. The van der Waals surface area contributed by atoms with Crippen molar-refractivity contribution in [1.29, 1.82) is 0 Å². The van der Waals surface area contributed by atoms with E-state index in [9.17, 15) is 26.4 Å². The Hall–Kier alpha value is -1.83. The van der Waals surface area contributed by atoms with Crippen LogP contribution in [0.2, 0.25) is 0 Å². The van der Waals surface area contributed by atoms with Gasteiger partial charge in [-0.15, -0.1) is 0 Å². The lowest BCUT2D eigenvalue weighted by Gasteiger charge is -2.32. The summed E-state index contributed by atoms with van der Waals surface area (Å²) in [5.74, 6) is 0. The average Bonchev–Trinajstić information content (AvgIpc) is 2.83. The largest absolute Gasteiger partial charge is 0.495 e. The summed E-state index contributed by atoms with van der Waals surface area (Å²) in [6.07, 6.45) is -5.59. The van der Waals surface area contributed by atoms with Gasteiger partial charge in [-0.2, -0.15) is 13.2 Å². The molecule has 2 N–H and O–H groups in total. The molecule has 186 valence electrons. The van der Waals surface area contributed by atoms with Gasteiger partial charge < -0.3 is 19.4 Å². The van der Waals surface area contributed by atoms with Crippen LogP contribution >= 0.6 is 0 Å². The molecule has 1 fully saturated rings. The number of rotatable bonds is 6. The minimum absolute atomic E-state index is 0.119.